The van der Waals surface area contributed by atoms with Crippen LogP contribution in [0, 0.1) is 0 Å². The van der Waals surface area contributed by atoms with Gasteiger partial charge in [-0.15, -0.1) is 0 Å². The molecule has 0 aliphatic carbocycles. The Morgan fingerprint density at radius 2 is 1.81 bits per heavy atom. The summed E-state index contributed by atoms with van der Waals surface area (Å²) in [5.74, 6) is 0.586. The molecule has 0 saturated carbocycles. The van der Waals surface area contributed by atoms with Gasteiger partial charge in [0.1, 0.15) is 5.75 Å². The molecule has 1 heterocycles. The summed E-state index contributed by atoms with van der Waals surface area (Å²) in [7, 11) is 0. The van der Waals surface area contributed by atoms with Gasteiger partial charge in [0.05, 0.1) is 26.1 Å². The van der Waals surface area contributed by atoms with Crippen LogP contribution in [0.15, 0.2) is 59.7 Å². The summed E-state index contributed by atoms with van der Waals surface area (Å²) in [5.41, 5.74) is 1.67. The monoisotopic (exact) mass is 558 g/mol. The maximum absolute atomic E-state index is 12.2. The van der Waals surface area contributed by atoms with Crippen LogP contribution in [-0.4, -0.2) is 17.7 Å². The van der Waals surface area contributed by atoms with Crippen LogP contribution in [0.25, 0.3) is 6.08 Å². The molecule has 8 heteroatoms. The molecule has 0 spiro atoms. The SMILES string of the molecule is CCOc1c(Br)cc(/C=C2\SC(=Nc3ccc(Br)cc3)NC2=O)cc1Br. The molecule has 3 rings (SSSR count). The van der Waals surface area contributed by atoms with Crippen molar-refractivity contribution < 1.29 is 9.53 Å². The van der Waals surface area contributed by atoms with E-state index in [1.54, 1.807) is 0 Å². The molecule has 2 aromatic rings. The van der Waals surface area contributed by atoms with Gasteiger partial charge in [0, 0.05) is 4.47 Å². The number of nitrogens with one attached hydrogen (secondary N) is 1. The minimum Gasteiger partial charge on any atom is -0.492 e. The third kappa shape index (κ3) is 4.79. The zero-order valence-corrected chi connectivity index (χ0v) is 19.1. The number of carbonyl (C=O) groups excluding carboxylic acids is 1. The van der Waals surface area contributed by atoms with Crippen molar-refractivity contribution in [3.8, 4) is 5.75 Å². The average Bonchev–Trinajstić information content (AvgIpc) is 2.92. The van der Waals surface area contributed by atoms with E-state index in [9.17, 15) is 4.79 Å². The van der Waals surface area contributed by atoms with Crippen molar-refractivity contribution in [2.75, 3.05) is 6.61 Å². The number of hydrogen-bond donors (Lipinski definition) is 1. The average molecular weight is 561 g/mol. The lowest BCUT2D eigenvalue weighted by atomic mass is 10.2. The Morgan fingerprint density at radius 3 is 2.42 bits per heavy atom. The molecule has 1 N–H and O–H groups in total. The molecule has 0 bridgehead atoms. The Balaban J connectivity index is 1.84. The second-order valence-electron chi connectivity index (χ2n) is 5.20. The zero-order chi connectivity index (χ0) is 18.7. The van der Waals surface area contributed by atoms with E-state index in [0.717, 1.165) is 30.4 Å². The highest BCUT2D eigenvalue weighted by Crippen LogP contribution is 2.36. The van der Waals surface area contributed by atoms with Crippen LogP contribution in [0.1, 0.15) is 12.5 Å². The molecule has 1 aliphatic rings. The molecule has 2 aromatic carbocycles. The van der Waals surface area contributed by atoms with Crippen molar-refractivity contribution in [1.29, 1.82) is 0 Å². The van der Waals surface area contributed by atoms with Crippen LogP contribution < -0.4 is 10.1 Å². The van der Waals surface area contributed by atoms with E-state index >= 15 is 0 Å². The van der Waals surface area contributed by atoms with Crippen LogP contribution in [0.5, 0.6) is 5.75 Å². The molecular weight excluding hydrogens is 548 g/mol. The van der Waals surface area contributed by atoms with Crippen molar-refractivity contribution in [2.45, 2.75) is 6.92 Å². The number of carbonyl (C=O) groups is 1. The fraction of sp³-hybridized carbons (Fsp3) is 0.111. The number of amidine groups is 1. The number of halogens is 3. The predicted molar refractivity (Wildman–Crippen MR) is 118 cm³/mol. The van der Waals surface area contributed by atoms with Gasteiger partial charge in [-0.25, -0.2) is 4.99 Å². The molecule has 1 amide bonds. The van der Waals surface area contributed by atoms with E-state index in [0.29, 0.717) is 16.7 Å². The second kappa shape index (κ2) is 8.73. The Morgan fingerprint density at radius 1 is 1.15 bits per heavy atom. The summed E-state index contributed by atoms with van der Waals surface area (Å²) < 4.78 is 8.22. The summed E-state index contributed by atoms with van der Waals surface area (Å²) in [4.78, 5) is 17.3. The highest BCUT2D eigenvalue weighted by atomic mass is 79.9. The van der Waals surface area contributed by atoms with Crippen molar-refractivity contribution in [3.05, 3.63) is 60.3 Å². The molecule has 4 nitrogen and oxygen atoms in total. The van der Waals surface area contributed by atoms with Gasteiger partial charge in [-0.2, -0.15) is 0 Å². The fourth-order valence-electron chi connectivity index (χ4n) is 2.21. The second-order valence-corrected chi connectivity index (χ2v) is 8.86. The van der Waals surface area contributed by atoms with Crippen molar-refractivity contribution in [3.63, 3.8) is 0 Å². The van der Waals surface area contributed by atoms with Gasteiger partial charge >= 0.3 is 0 Å². The van der Waals surface area contributed by atoms with Gasteiger partial charge in [-0.1, -0.05) is 15.9 Å². The number of amides is 1. The van der Waals surface area contributed by atoms with Crippen molar-refractivity contribution in [2.24, 2.45) is 4.99 Å². The first-order chi connectivity index (χ1) is 12.5. The molecule has 0 atom stereocenters. The molecule has 0 aromatic heterocycles. The summed E-state index contributed by atoms with van der Waals surface area (Å²) in [6.07, 6.45) is 1.83. The van der Waals surface area contributed by atoms with Crippen molar-refractivity contribution in [1.82, 2.24) is 5.32 Å². The summed E-state index contributed by atoms with van der Waals surface area (Å²) in [5, 5.41) is 3.36. The highest BCUT2D eigenvalue weighted by Gasteiger charge is 2.24. The van der Waals surface area contributed by atoms with E-state index in [2.05, 4.69) is 58.1 Å². The third-order valence-electron chi connectivity index (χ3n) is 3.32. The highest BCUT2D eigenvalue weighted by molar-refractivity contribution is 9.11. The fourth-order valence-corrected chi connectivity index (χ4v) is 4.77. The Kier molecular flexibility index (Phi) is 6.60. The van der Waals surface area contributed by atoms with Crippen LogP contribution in [0.2, 0.25) is 0 Å². The number of rotatable bonds is 4. The largest absolute Gasteiger partial charge is 0.492 e. The summed E-state index contributed by atoms with van der Waals surface area (Å²) in [6, 6.07) is 11.4. The quantitative estimate of drug-likeness (QED) is 0.449. The number of aliphatic imine (C=N–C) groups is 1. The number of nitrogens with zero attached hydrogens (tertiary/aromatic N) is 1. The molecule has 0 unspecified atom stereocenters. The van der Waals surface area contributed by atoms with Crippen LogP contribution in [0.4, 0.5) is 5.69 Å². The lowest BCUT2D eigenvalue weighted by Crippen LogP contribution is -2.19. The molecular formula is C18H13Br3N2O2S. The summed E-state index contributed by atoms with van der Waals surface area (Å²) >= 11 is 11.7. The third-order valence-corrected chi connectivity index (χ3v) is 5.93. The Labute approximate surface area is 180 Å². The first-order valence-corrected chi connectivity index (χ1v) is 10.8. The van der Waals surface area contributed by atoms with Crippen molar-refractivity contribution >= 4 is 82.4 Å². The molecule has 1 fully saturated rings. The van der Waals surface area contributed by atoms with E-state index in [1.165, 1.54) is 11.8 Å². The van der Waals surface area contributed by atoms with Gasteiger partial charge in [0.2, 0.25) is 0 Å². The van der Waals surface area contributed by atoms with Gasteiger partial charge in [-0.05, 0) is 98.6 Å². The molecule has 26 heavy (non-hydrogen) atoms. The van der Waals surface area contributed by atoms with Gasteiger partial charge < -0.3 is 10.1 Å². The van der Waals surface area contributed by atoms with E-state index in [-0.39, 0.29) is 5.91 Å². The number of benzene rings is 2. The first kappa shape index (κ1) is 19.7. The number of thioether (sulfide) groups is 1. The minimum absolute atomic E-state index is 0.160. The smallest absolute Gasteiger partial charge is 0.264 e. The van der Waals surface area contributed by atoms with E-state index in [1.807, 2.05) is 49.4 Å². The Bertz CT molecular complexity index is 888. The van der Waals surface area contributed by atoms with Gasteiger partial charge in [0.15, 0.2) is 5.17 Å². The molecule has 0 radical (unpaired) electrons. The first-order valence-electron chi connectivity index (χ1n) is 7.63. The molecule has 1 saturated heterocycles. The topological polar surface area (TPSA) is 50.7 Å². The summed E-state index contributed by atoms with van der Waals surface area (Å²) in [6.45, 7) is 2.51. The standard InChI is InChI=1S/C18H13Br3N2O2S/c1-2-25-16-13(20)7-10(8-14(16)21)9-15-17(24)23-18(26-15)22-12-5-3-11(19)4-6-12/h3-9H,2H2,1H3,(H,22,23,24)/b15-9-. The minimum atomic E-state index is -0.160. The van der Waals surface area contributed by atoms with E-state index in [4.69, 9.17) is 4.74 Å². The molecule has 134 valence electrons. The maximum atomic E-state index is 12.2. The van der Waals surface area contributed by atoms with Gasteiger partial charge in [-0.3, -0.25) is 4.79 Å². The lowest BCUT2D eigenvalue weighted by Gasteiger charge is -2.09. The number of ether oxygens (including phenoxy) is 1. The Hall–Kier alpha value is -1.09. The molecule has 1 aliphatic heterocycles. The maximum Gasteiger partial charge on any atom is 0.264 e. The number of hydrogen-bond acceptors (Lipinski definition) is 4. The van der Waals surface area contributed by atoms with Crippen LogP contribution in [-0.2, 0) is 4.79 Å². The van der Waals surface area contributed by atoms with Gasteiger partial charge in [0.25, 0.3) is 5.91 Å². The van der Waals surface area contributed by atoms with Crippen LogP contribution in [0.3, 0.4) is 0 Å². The van der Waals surface area contributed by atoms with E-state index < -0.39 is 0 Å². The normalized spacial score (nSPS) is 17.0. The lowest BCUT2D eigenvalue weighted by molar-refractivity contribution is -0.115. The predicted octanol–water partition coefficient (Wildman–Crippen LogP) is 6.26. The van der Waals surface area contributed by atoms with Crippen LogP contribution >= 0.6 is 59.6 Å². The zero-order valence-electron chi connectivity index (χ0n) is 13.6.